The SMILES string of the molecule is N#CCCNC(=O)C(CNC(=O)c1ccc(CCl)cc1)c1ccc(O)cc1. The Hall–Kier alpha value is -3.04. The lowest BCUT2D eigenvalue weighted by molar-refractivity contribution is -0.122. The van der Waals surface area contributed by atoms with Crippen LogP contribution < -0.4 is 10.6 Å². The molecule has 0 saturated heterocycles. The molecule has 6 nitrogen and oxygen atoms in total. The summed E-state index contributed by atoms with van der Waals surface area (Å²) in [6.07, 6.45) is 0.202. The van der Waals surface area contributed by atoms with Crippen LogP contribution in [0.5, 0.6) is 5.75 Å². The molecule has 27 heavy (non-hydrogen) atoms. The van der Waals surface area contributed by atoms with Gasteiger partial charge >= 0.3 is 0 Å². The Labute approximate surface area is 162 Å². The van der Waals surface area contributed by atoms with E-state index < -0.39 is 5.92 Å². The maximum atomic E-state index is 12.5. The van der Waals surface area contributed by atoms with Gasteiger partial charge in [-0.15, -0.1) is 11.6 Å². The summed E-state index contributed by atoms with van der Waals surface area (Å²) in [5.74, 6) is -0.784. The molecule has 0 aliphatic heterocycles. The summed E-state index contributed by atoms with van der Waals surface area (Å²) < 4.78 is 0. The number of alkyl halides is 1. The second kappa shape index (κ2) is 10.2. The third kappa shape index (κ3) is 6.01. The molecule has 140 valence electrons. The number of nitrogens with zero attached hydrogens (tertiary/aromatic N) is 1. The van der Waals surface area contributed by atoms with Crippen molar-refractivity contribution < 1.29 is 14.7 Å². The Morgan fingerprint density at radius 3 is 2.33 bits per heavy atom. The fourth-order valence-electron chi connectivity index (χ4n) is 2.48. The van der Waals surface area contributed by atoms with Gasteiger partial charge in [-0.25, -0.2) is 0 Å². The van der Waals surface area contributed by atoms with E-state index in [1.165, 1.54) is 12.1 Å². The zero-order valence-electron chi connectivity index (χ0n) is 14.6. The number of halogens is 1. The van der Waals surface area contributed by atoms with Crippen molar-refractivity contribution in [2.75, 3.05) is 13.1 Å². The van der Waals surface area contributed by atoms with Gasteiger partial charge in [0.15, 0.2) is 0 Å². The molecule has 1 atom stereocenters. The Balaban J connectivity index is 2.08. The van der Waals surface area contributed by atoms with Gasteiger partial charge in [0.25, 0.3) is 5.91 Å². The van der Waals surface area contributed by atoms with Gasteiger partial charge in [0.05, 0.1) is 18.4 Å². The predicted molar refractivity (Wildman–Crippen MR) is 102 cm³/mol. The lowest BCUT2D eigenvalue weighted by Crippen LogP contribution is -2.37. The van der Waals surface area contributed by atoms with Crippen molar-refractivity contribution in [3.63, 3.8) is 0 Å². The summed E-state index contributed by atoms with van der Waals surface area (Å²) in [5, 5.41) is 23.5. The average Bonchev–Trinajstić information content (AvgIpc) is 2.69. The predicted octanol–water partition coefficient (Wildman–Crippen LogP) is 2.67. The first kappa shape index (κ1) is 20.3. The second-order valence-corrected chi connectivity index (χ2v) is 6.15. The van der Waals surface area contributed by atoms with Gasteiger partial charge in [-0.05, 0) is 35.4 Å². The molecule has 0 aliphatic rings. The lowest BCUT2D eigenvalue weighted by Gasteiger charge is -2.18. The van der Waals surface area contributed by atoms with E-state index >= 15 is 0 Å². The number of hydrogen-bond donors (Lipinski definition) is 3. The van der Waals surface area contributed by atoms with Crippen LogP contribution in [0.4, 0.5) is 0 Å². The zero-order valence-corrected chi connectivity index (χ0v) is 15.4. The number of phenols is 1. The number of carbonyl (C=O) groups excluding carboxylic acids is 2. The van der Waals surface area contributed by atoms with Crippen LogP contribution in [0.15, 0.2) is 48.5 Å². The molecule has 7 heteroatoms. The van der Waals surface area contributed by atoms with Crippen LogP contribution in [0.3, 0.4) is 0 Å². The highest BCUT2D eigenvalue weighted by Crippen LogP contribution is 2.19. The van der Waals surface area contributed by atoms with Crippen molar-refractivity contribution in [2.24, 2.45) is 0 Å². The topological polar surface area (TPSA) is 102 Å². The second-order valence-electron chi connectivity index (χ2n) is 5.88. The van der Waals surface area contributed by atoms with E-state index in [1.54, 1.807) is 36.4 Å². The number of rotatable bonds is 8. The van der Waals surface area contributed by atoms with Gasteiger partial charge in [-0.1, -0.05) is 24.3 Å². The first-order chi connectivity index (χ1) is 13.0. The van der Waals surface area contributed by atoms with Crippen molar-refractivity contribution in [1.29, 1.82) is 5.26 Å². The number of nitrogens with one attached hydrogen (secondary N) is 2. The molecule has 2 aromatic rings. The molecule has 0 heterocycles. The number of carbonyl (C=O) groups is 2. The highest BCUT2D eigenvalue weighted by molar-refractivity contribution is 6.17. The third-order valence-corrected chi connectivity index (χ3v) is 4.29. The number of aromatic hydroxyl groups is 1. The fourth-order valence-corrected chi connectivity index (χ4v) is 2.65. The van der Waals surface area contributed by atoms with Gasteiger partial charge in [0, 0.05) is 24.5 Å². The molecular formula is C20H20ClN3O3. The molecule has 0 aromatic heterocycles. The summed E-state index contributed by atoms with van der Waals surface area (Å²) >= 11 is 5.74. The van der Waals surface area contributed by atoms with Gasteiger partial charge in [0.2, 0.25) is 5.91 Å². The summed E-state index contributed by atoms with van der Waals surface area (Å²) in [5.41, 5.74) is 2.03. The zero-order chi connectivity index (χ0) is 19.6. The quantitative estimate of drug-likeness (QED) is 0.480. The first-order valence-corrected chi connectivity index (χ1v) is 8.95. The summed E-state index contributed by atoms with van der Waals surface area (Å²) in [6, 6.07) is 15.1. The van der Waals surface area contributed by atoms with E-state index in [9.17, 15) is 14.7 Å². The van der Waals surface area contributed by atoms with Crippen LogP contribution >= 0.6 is 11.6 Å². The lowest BCUT2D eigenvalue weighted by atomic mass is 9.97. The maximum Gasteiger partial charge on any atom is 0.251 e. The summed E-state index contributed by atoms with van der Waals surface area (Å²) in [6.45, 7) is 0.316. The van der Waals surface area contributed by atoms with E-state index in [1.807, 2.05) is 6.07 Å². The first-order valence-electron chi connectivity index (χ1n) is 8.42. The van der Waals surface area contributed by atoms with Crippen molar-refractivity contribution >= 4 is 23.4 Å². The molecule has 2 amide bonds. The minimum absolute atomic E-state index is 0.0826. The van der Waals surface area contributed by atoms with E-state index in [0.717, 1.165) is 5.56 Å². The van der Waals surface area contributed by atoms with Crippen LogP contribution in [-0.4, -0.2) is 30.0 Å². The molecule has 0 aliphatic carbocycles. The van der Waals surface area contributed by atoms with E-state index in [2.05, 4.69) is 10.6 Å². The van der Waals surface area contributed by atoms with Crippen molar-refractivity contribution in [1.82, 2.24) is 10.6 Å². The third-order valence-electron chi connectivity index (χ3n) is 3.99. The van der Waals surface area contributed by atoms with E-state index in [-0.39, 0.29) is 37.1 Å². The Morgan fingerprint density at radius 2 is 1.74 bits per heavy atom. The monoisotopic (exact) mass is 385 g/mol. The minimum Gasteiger partial charge on any atom is -0.508 e. The largest absolute Gasteiger partial charge is 0.508 e. The molecule has 3 N–H and O–H groups in total. The van der Waals surface area contributed by atoms with Crippen molar-refractivity contribution in [3.05, 3.63) is 65.2 Å². The normalized spacial score (nSPS) is 11.3. The molecule has 0 saturated carbocycles. The molecular weight excluding hydrogens is 366 g/mol. The van der Waals surface area contributed by atoms with E-state index in [4.69, 9.17) is 16.9 Å². The Morgan fingerprint density at radius 1 is 1.07 bits per heavy atom. The van der Waals surface area contributed by atoms with Gasteiger partial charge < -0.3 is 15.7 Å². The Bertz CT molecular complexity index is 814. The number of nitriles is 1. The number of amides is 2. The van der Waals surface area contributed by atoms with Crippen molar-refractivity contribution in [3.8, 4) is 11.8 Å². The fraction of sp³-hybridized carbons (Fsp3) is 0.250. The highest BCUT2D eigenvalue weighted by Gasteiger charge is 2.21. The molecule has 1 unspecified atom stereocenters. The van der Waals surface area contributed by atoms with Gasteiger partial charge in [-0.3, -0.25) is 9.59 Å². The van der Waals surface area contributed by atoms with Crippen LogP contribution in [-0.2, 0) is 10.7 Å². The van der Waals surface area contributed by atoms with Gasteiger partial charge in [0.1, 0.15) is 5.75 Å². The average molecular weight is 386 g/mol. The number of phenolic OH excluding ortho intramolecular Hbond substituents is 1. The minimum atomic E-state index is -0.643. The Kier molecular flexibility index (Phi) is 7.65. The summed E-state index contributed by atoms with van der Waals surface area (Å²) in [7, 11) is 0. The maximum absolute atomic E-state index is 12.5. The molecule has 0 spiro atoms. The van der Waals surface area contributed by atoms with E-state index in [0.29, 0.717) is 17.0 Å². The molecule has 0 bridgehead atoms. The molecule has 2 rings (SSSR count). The summed E-state index contributed by atoms with van der Waals surface area (Å²) in [4.78, 5) is 24.8. The molecule has 0 radical (unpaired) electrons. The number of hydrogen-bond acceptors (Lipinski definition) is 4. The standard InChI is InChI=1S/C20H20ClN3O3/c21-12-14-2-4-16(5-3-14)19(26)24-13-18(20(27)23-11-1-10-22)15-6-8-17(25)9-7-15/h2-9,18,25H,1,11-13H2,(H,23,27)(H,24,26). The van der Waals surface area contributed by atoms with Crippen LogP contribution in [0.1, 0.15) is 33.8 Å². The van der Waals surface area contributed by atoms with Gasteiger partial charge in [-0.2, -0.15) is 5.26 Å². The highest BCUT2D eigenvalue weighted by atomic mass is 35.5. The molecule has 2 aromatic carbocycles. The van der Waals surface area contributed by atoms with Crippen LogP contribution in [0.2, 0.25) is 0 Å². The smallest absolute Gasteiger partial charge is 0.251 e. The van der Waals surface area contributed by atoms with Crippen LogP contribution in [0, 0.1) is 11.3 Å². The van der Waals surface area contributed by atoms with Crippen molar-refractivity contribution in [2.45, 2.75) is 18.2 Å². The number of benzene rings is 2. The van der Waals surface area contributed by atoms with Crippen LogP contribution in [0.25, 0.3) is 0 Å². The molecule has 0 fully saturated rings.